The molecule has 1 amide bonds. The van der Waals surface area contributed by atoms with Gasteiger partial charge in [-0.05, 0) is 30.5 Å². The second-order valence-corrected chi connectivity index (χ2v) is 5.76. The number of nitrogens with zero attached hydrogens (tertiary/aromatic N) is 2. The normalized spacial score (nSPS) is 13.7. The molecule has 0 spiro atoms. The topological polar surface area (TPSA) is 59.0 Å². The molecule has 2 N–H and O–H groups in total. The summed E-state index contributed by atoms with van der Waals surface area (Å²) in [5, 5.41) is 6.27. The van der Waals surface area contributed by atoms with Crippen molar-refractivity contribution in [3.63, 3.8) is 0 Å². The van der Waals surface area contributed by atoms with Crippen molar-refractivity contribution in [1.29, 1.82) is 0 Å². The van der Waals surface area contributed by atoms with Gasteiger partial charge < -0.3 is 15.2 Å². The van der Waals surface area contributed by atoms with Crippen LogP contribution in [0.4, 0.5) is 5.69 Å². The van der Waals surface area contributed by atoms with Gasteiger partial charge in [0.1, 0.15) is 5.82 Å². The van der Waals surface area contributed by atoms with Crippen LogP contribution in [0.3, 0.4) is 0 Å². The number of hydrogen-bond acceptors (Lipinski definition) is 3. The van der Waals surface area contributed by atoms with Crippen molar-refractivity contribution in [3.05, 3.63) is 47.5 Å². The molecule has 1 aromatic heterocycles. The van der Waals surface area contributed by atoms with Gasteiger partial charge in [0, 0.05) is 44.9 Å². The zero-order valence-electron chi connectivity index (χ0n) is 12.9. The average molecular weight is 298 g/mol. The van der Waals surface area contributed by atoms with Crippen LogP contribution in [0, 0.1) is 0 Å². The van der Waals surface area contributed by atoms with Gasteiger partial charge in [-0.1, -0.05) is 12.1 Å². The first kappa shape index (κ1) is 14.8. The number of imidazole rings is 1. The highest BCUT2D eigenvalue weighted by atomic mass is 16.1. The van der Waals surface area contributed by atoms with Crippen LogP contribution in [0.15, 0.2) is 30.5 Å². The van der Waals surface area contributed by atoms with E-state index in [0.717, 1.165) is 37.3 Å². The lowest BCUT2D eigenvalue weighted by molar-refractivity contribution is -0.114. The number of carbonyl (C=O) groups excluding carboxylic acids is 1. The van der Waals surface area contributed by atoms with E-state index in [4.69, 9.17) is 0 Å². The molecule has 0 bridgehead atoms. The molecule has 3 rings (SSSR count). The minimum Gasteiger partial charge on any atom is -0.331 e. The number of amides is 1. The van der Waals surface area contributed by atoms with E-state index in [-0.39, 0.29) is 5.91 Å². The van der Waals surface area contributed by atoms with Gasteiger partial charge >= 0.3 is 0 Å². The van der Waals surface area contributed by atoms with Crippen LogP contribution < -0.4 is 10.6 Å². The van der Waals surface area contributed by atoms with Gasteiger partial charge in [-0.15, -0.1) is 0 Å². The van der Waals surface area contributed by atoms with E-state index < -0.39 is 0 Å². The lowest BCUT2D eigenvalue weighted by Gasteiger charge is -2.16. The fraction of sp³-hybridized carbons (Fsp3) is 0.412. The zero-order valence-corrected chi connectivity index (χ0v) is 12.9. The Labute approximate surface area is 130 Å². The van der Waals surface area contributed by atoms with Gasteiger partial charge in [-0.3, -0.25) is 4.79 Å². The van der Waals surface area contributed by atoms with Gasteiger partial charge in [0.05, 0.1) is 5.69 Å². The second-order valence-electron chi connectivity index (χ2n) is 5.76. The van der Waals surface area contributed by atoms with Crippen molar-refractivity contribution in [2.45, 2.75) is 45.8 Å². The summed E-state index contributed by atoms with van der Waals surface area (Å²) in [6, 6.07) is 7.92. The molecule has 0 unspecified atom stereocenters. The molecule has 1 aliphatic rings. The summed E-state index contributed by atoms with van der Waals surface area (Å²) < 4.78 is 2.34. The Morgan fingerprint density at radius 3 is 3.09 bits per heavy atom. The van der Waals surface area contributed by atoms with Crippen molar-refractivity contribution < 1.29 is 4.79 Å². The lowest BCUT2D eigenvalue weighted by atomic mass is 10.1. The number of aromatic nitrogens is 2. The van der Waals surface area contributed by atoms with E-state index in [1.165, 1.54) is 31.3 Å². The zero-order chi connectivity index (χ0) is 15.4. The Kier molecular flexibility index (Phi) is 4.53. The Morgan fingerprint density at radius 1 is 1.32 bits per heavy atom. The maximum Gasteiger partial charge on any atom is 0.221 e. The van der Waals surface area contributed by atoms with E-state index in [2.05, 4.69) is 26.3 Å². The molecule has 0 fully saturated rings. The van der Waals surface area contributed by atoms with Gasteiger partial charge in [-0.25, -0.2) is 4.98 Å². The Hall–Kier alpha value is -2.14. The number of hydrogen-bond donors (Lipinski definition) is 2. The van der Waals surface area contributed by atoms with Crippen molar-refractivity contribution in [2.24, 2.45) is 0 Å². The monoisotopic (exact) mass is 298 g/mol. The number of nitrogens with one attached hydrogen (secondary N) is 2. The number of fused-ring (bicyclic) bond motifs is 1. The van der Waals surface area contributed by atoms with Gasteiger partial charge in [-0.2, -0.15) is 0 Å². The number of aryl methyl sites for hydroxylation is 1. The summed E-state index contributed by atoms with van der Waals surface area (Å²) in [5.41, 5.74) is 3.26. The fourth-order valence-corrected chi connectivity index (χ4v) is 2.92. The molecule has 5 heteroatoms. The van der Waals surface area contributed by atoms with Gasteiger partial charge in [0.15, 0.2) is 0 Å². The maximum absolute atomic E-state index is 11.1. The highest BCUT2D eigenvalue weighted by Crippen LogP contribution is 2.16. The molecule has 2 heterocycles. The molecule has 2 aromatic rings. The molecule has 22 heavy (non-hydrogen) atoms. The van der Waals surface area contributed by atoms with Crippen molar-refractivity contribution in [2.75, 3.05) is 5.32 Å². The second kappa shape index (κ2) is 6.75. The van der Waals surface area contributed by atoms with E-state index in [9.17, 15) is 4.79 Å². The van der Waals surface area contributed by atoms with Crippen molar-refractivity contribution >= 4 is 11.6 Å². The van der Waals surface area contributed by atoms with Gasteiger partial charge in [0.25, 0.3) is 0 Å². The molecular weight excluding hydrogens is 276 g/mol. The quantitative estimate of drug-likeness (QED) is 0.891. The summed E-state index contributed by atoms with van der Waals surface area (Å²) in [7, 11) is 0. The van der Waals surface area contributed by atoms with Crippen LogP contribution in [0.2, 0.25) is 0 Å². The first-order chi connectivity index (χ1) is 10.7. The summed E-state index contributed by atoms with van der Waals surface area (Å²) in [4.78, 5) is 15.6. The van der Waals surface area contributed by atoms with Crippen LogP contribution in [-0.2, 0) is 30.8 Å². The van der Waals surface area contributed by atoms with Crippen molar-refractivity contribution in [1.82, 2.24) is 14.9 Å². The van der Waals surface area contributed by atoms with E-state index >= 15 is 0 Å². The van der Waals surface area contributed by atoms with Crippen molar-refractivity contribution in [3.8, 4) is 0 Å². The molecule has 1 aliphatic heterocycles. The number of anilines is 1. The number of rotatable bonds is 5. The summed E-state index contributed by atoms with van der Waals surface area (Å²) in [6.07, 6.45) is 5.58. The minimum absolute atomic E-state index is 0.0454. The average Bonchev–Trinajstić information content (AvgIpc) is 2.91. The van der Waals surface area contributed by atoms with Crippen LogP contribution in [-0.4, -0.2) is 15.5 Å². The molecule has 0 saturated carbocycles. The van der Waals surface area contributed by atoms with Crippen LogP contribution in [0.1, 0.15) is 36.8 Å². The summed E-state index contributed by atoms with van der Waals surface area (Å²) in [5.74, 6) is 1.17. The van der Waals surface area contributed by atoms with Crippen LogP contribution >= 0.6 is 0 Å². The number of carbonyl (C=O) groups is 1. The van der Waals surface area contributed by atoms with E-state index in [0.29, 0.717) is 0 Å². The standard InChI is InChI=1S/C17H22N4O/c1-13(22)20-15-6-4-5-14(9-15)10-18-11-16-12-19-17-7-2-3-8-21(16)17/h4-6,9,12,18H,2-3,7-8,10-11H2,1H3,(H,20,22). The Balaban J connectivity index is 1.57. The van der Waals surface area contributed by atoms with E-state index in [1.54, 1.807) is 0 Å². The Bertz CT molecular complexity index is 662. The minimum atomic E-state index is -0.0454. The van der Waals surface area contributed by atoms with Crippen LogP contribution in [0.5, 0.6) is 0 Å². The summed E-state index contributed by atoms with van der Waals surface area (Å²) >= 11 is 0. The van der Waals surface area contributed by atoms with E-state index in [1.807, 2.05) is 24.4 Å². The largest absolute Gasteiger partial charge is 0.331 e. The highest BCUT2D eigenvalue weighted by molar-refractivity contribution is 5.88. The summed E-state index contributed by atoms with van der Waals surface area (Å²) in [6.45, 7) is 4.20. The fourth-order valence-electron chi connectivity index (χ4n) is 2.92. The molecule has 0 saturated heterocycles. The third kappa shape index (κ3) is 3.54. The molecule has 1 aromatic carbocycles. The maximum atomic E-state index is 11.1. The number of benzene rings is 1. The molecule has 0 atom stereocenters. The highest BCUT2D eigenvalue weighted by Gasteiger charge is 2.13. The molecule has 0 aliphatic carbocycles. The first-order valence-electron chi connectivity index (χ1n) is 7.83. The smallest absolute Gasteiger partial charge is 0.221 e. The Morgan fingerprint density at radius 2 is 2.23 bits per heavy atom. The predicted molar refractivity (Wildman–Crippen MR) is 86.5 cm³/mol. The first-order valence-corrected chi connectivity index (χ1v) is 7.83. The van der Waals surface area contributed by atoms with Crippen LogP contribution in [0.25, 0.3) is 0 Å². The third-order valence-electron chi connectivity index (χ3n) is 3.94. The SMILES string of the molecule is CC(=O)Nc1cccc(CNCc2cnc3n2CCCC3)c1. The molecular formula is C17H22N4O. The molecule has 116 valence electrons. The third-order valence-corrected chi connectivity index (χ3v) is 3.94. The molecule has 5 nitrogen and oxygen atoms in total. The predicted octanol–water partition coefficient (Wildman–Crippen LogP) is 2.47. The van der Waals surface area contributed by atoms with Gasteiger partial charge in [0.2, 0.25) is 5.91 Å². The lowest BCUT2D eigenvalue weighted by Crippen LogP contribution is -2.19. The molecule has 0 radical (unpaired) electrons.